The third kappa shape index (κ3) is 3.45. The fraction of sp³-hybridized carbons (Fsp3) is 0.375. The molecule has 0 bridgehead atoms. The van der Waals surface area contributed by atoms with Gasteiger partial charge in [-0.1, -0.05) is 17.7 Å². The van der Waals surface area contributed by atoms with Crippen molar-refractivity contribution in [2.75, 3.05) is 13.6 Å². The molecule has 1 aromatic carbocycles. The predicted octanol–water partition coefficient (Wildman–Crippen LogP) is 3.30. The van der Waals surface area contributed by atoms with E-state index in [1.807, 2.05) is 33.9 Å². The number of aryl methyl sites for hydroxylation is 3. The second kappa shape index (κ2) is 6.31. The lowest BCUT2D eigenvalue weighted by Gasteiger charge is -2.18. The highest BCUT2D eigenvalue weighted by Gasteiger charge is 2.15. The molecule has 0 spiro atoms. The smallest absolute Gasteiger partial charge is 0.253 e. The van der Waals surface area contributed by atoms with Crippen LogP contribution in [0.5, 0.6) is 0 Å². The number of amides is 1. The molecule has 0 fully saturated rings. The largest absolute Gasteiger partial charge is 0.341 e. The van der Waals surface area contributed by atoms with E-state index in [-0.39, 0.29) is 5.91 Å². The van der Waals surface area contributed by atoms with E-state index in [4.69, 9.17) is 11.6 Å². The number of hydrogen-bond donors (Lipinski definition) is 1. The number of halogens is 1. The summed E-state index contributed by atoms with van der Waals surface area (Å²) >= 11 is 5.98. The lowest BCUT2D eigenvalue weighted by Crippen LogP contribution is -2.29. The van der Waals surface area contributed by atoms with Gasteiger partial charge in [-0.25, -0.2) is 0 Å². The average Bonchev–Trinajstić information content (AvgIpc) is 2.77. The van der Waals surface area contributed by atoms with E-state index in [0.717, 1.165) is 23.4 Å². The number of hydrogen-bond acceptors (Lipinski definition) is 2. The molecule has 112 valence electrons. The first-order valence-electron chi connectivity index (χ1n) is 6.92. The summed E-state index contributed by atoms with van der Waals surface area (Å²) in [6, 6.07) is 5.39. The molecule has 0 unspecified atom stereocenters. The van der Waals surface area contributed by atoms with Gasteiger partial charge in [0.15, 0.2) is 0 Å². The molecule has 0 aliphatic carbocycles. The maximum atomic E-state index is 12.5. The molecule has 1 N–H and O–H groups in total. The first kappa shape index (κ1) is 15.6. The van der Waals surface area contributed by atoms with Gasteiger partial charge in [-0.3, -0.25) is 9.89 Å². The molecule has 2 rings (SSSR count). The van der Waals surface area contributed by atoms with E-state index in [1.54, 1.807) is 17.0 Å². The molecule has 2 aromatic rings. The zero-order valence-electron chi connectivity index (χ0n) is 12.8. The Morgan fingerprint density at radius 1 is 1.33 bits per heavy atom. The Kier molecular flexibility index (Phi) is 4.68. The van der Waals surface area contributed by atoms with Crippen molar-refractivity contribution in [3.63, 3.8) is 0 Å². The summed E-state index contributed by atoms with van der Waals surface area (Å²) in [5, 5.41) is 7.73. The highest BCUT2D eigenvalue weighted by Crippen LogP contribution is 2.17. The quantitative estimate of drug-likeness (QED) is 0.942. The van der Waals surface area contributed by atoms with E-state index in [2.05, 4.69) is 10.2 Å². The van der Waals surface area contributed by atoms with Crippen molar-refractivity contribution in [3.05, 3.63) is 51.3 Å². The van der Waals surface area contributed by atoms with Gasteiger partial charge in [-0.15, -0.1) is 0 Å². The van der Waals surface area contributed by atoms with Gasteiger partial charge in [0.05, 0.1) is 5.69 Å². The maximum absolute atomic E-state index is 12.5. The minimum Gasteiger partial charge on any atom is -0.341 e. The lowest BCUT2D eigenvalue weighted by molar-refractivity contribution is 0.0796. The van der Waals surface area contributed by atoms with Gasteiger partial charge in [0, 0.05) is 29.9 Å². The second-order valence-electron chi connectivity index (χ2n) is 5.35. The second-order valence-corrected chi connectivity index (χ2v) is 5.78. The van der Waals surface area contributed by atoms with Gasteiger partial charge in [0.2, 0.25) is 0 Å². The molecule has 0 radical (unpaired) electrons. The van der Waals surface area contributed by atoms with Crippen LogP contribution in [0.25, 0.3) is 0 Å². The summed E-state index contributed by atoms with van der Waals surface area (Å²) in [4.78, 5) is 14.2. The van der Waals surface area contributed by atoms with E-state index in [1.165, 1.54) is 5.56 Å². The highest BCUT2D eigenvalue weighted by atomic mass is 35.5. The summed E-state index contributed by atoms with van der Waals surface area (Å²) in [7, 11) is 1.81. The Morgan fingerprint density at radius 2 is 2.05 bits per heavy atom. The van der Waals surface area contributed by atoms with E-state index in [9.17, 15) is 4.79 Å². The van der Waals surface area contributed by atoms with Crippen molar-refractivity contribution in [1.29, 1.82) is 0 Å². The lowest BCUT2D eigenvalue weighted by atomic mass is 10.1. The normalized spacial score (nSPS) is 10.7. The van der Waals surface area contributed by atoms with E-state index in [0.29, 0.717) is 17.1 Å². The number of nitrogens with zero attached hydrogens (tertiary/aromatic N) is 2. The van der Waals surface area contributed by atoms with Gasteiger partial charge in [0.25, 0.3) is 5.91 Å². The van der Waals surface area contributed by atoms with Crippen LogP contribution in [0.1, 0.15) is 32.9 Å². The van der Waals surface area contributed by atoms with Crippen molar-refractivity contribution >= 4 is 17.5 Å². The molecule has 0 aliphatic rings. The Morgan fingerprint density at radius 3 is 2.67 bits per heavy atom. The number of benzene rings is 1. The van der Waals surface area contributed by atoms with Crippen LogP contribution < -0.4 is 0 Å². The predicted molar refractivity (Wildman–Crippen MR) is 84.9 cm³/mol. The molecule has 0 atom stereocenters. The van der Waals surface area contributed by atoms with E-state index < -0.39 is 0 Å². The Hall–Kier alpha value is -1.81. The topological polar surface area (TPSA) is 49.0 Å². The first-order chi connectivity index (χ1) is 9.90. The number of rotatable bonds is 4. The van der Waals surface area contributed by atoms with Gasteiger partial charge in [0.1, 0.15) is 0 Å². The molecule has 4 nitrogen and oxygen atoms in total. The van der Waals surface area contributed by atoms with Crippen LogP contribution in [0.3, 0.4) is 0 Å². The first-order valence-corrected chi connectivity index (χ1v) is 7.30. The molecule has 0 aliphatic heterocycles. The molecule has 21 heavy (non-hydrogen) atoms. The van der Waals surface area contributed by atoms with Crippen LogP contribution in [-0.2, 0) is 6.42 Å². The van der Waals surface area contributed by atoms with Gasteiger partial charge in [-0.2, -0.15) is 5.10 Å². The van der Waals surface area contributed by atoms with Crippen LogP contribution in [-0.4, -0.2) is 34.6 Å². The van der Waals surface area contributed by atoms with Crippen LogP contribution in [0.15, 0.2) is 18.2 Å². The minimum absolute atomic E-state index is 0.00574. The van der Waals surface area contributed by atoms with Gasteiger partial charge < -0.3 is 4.90 Å². The van der Waals surface area contributed by atoms with Crippen molar-refractivity contribution < 1.29 is 4.79 Å². The number of carbonyl (C=O) groups excluding carboxylic acids is 1. The molecular formula is C16H20ClN3O. The molecule has 1 heterocycles. The zero-order valence-corrected chi connectivity index (χ0v) is 13.6. The monoisotopic (exact) mass is 305 g/mol. The Labute approximate surface area is 130 Å². The maximum Gasteiger partial charge on any atom is 0.253 e. The van der Waals surface area contributed by atoms with Crippen LogP contribution in [0.2, 0.25) is 5.02 Å². The highest BCUT2D eigenvalue weighted by molar-refractivity contribution is 6.31. The summed E-state index contributed by atoms with van der Waals surface area (Å²) in [5.74, 6) is -0.00574. The average molecular weight is 306 g/mol. The van der Waals surface area contributed by atoms with Crippen LogP contribution in [0, 0.1) is 20.8 Å². The number of likely N-dealkylation sites (N-methyl/N-ethyl adjacent to an activating group) is 1. The van der Waals surface area contributed by atoms with Crippen molar-refractivity contribution in [3.8, 4) is 0 Å². The SMILES string of the molecule is Cc1ccc(Cl)cc1C(=O)N(C)CCc1c(C)n[nH]c1C. The molecule has 0 saturated heterocycles. The number of aromatic amines is 1. The fourth-order valence-electron chi connectivity index (χ4n) is 2.35. The Balaban J connectivity index is 2.08. The van der Waals surface area contributed by atoms with Crippen molar-refractivity contribution in [2.45, 2.75) is 27.2 Å². The third-order valence-electron chi connectivity index (χ3n) is 3.75. The van der Waals surface area contributed by atoms with Crippen LogP contribution in [0.4, 0.5) is 0 Å². The summed E-state index contributed by atoms with van der Waals surface area (Å²) < 4.78 is 0. The molecule has 0 saturated carbocycles. The number of carbonyl (C=O) groups is 1. The van der Waals surface area contributed by atoms with E-state index >= 15 is 0 Å². The minimum atomic E-state index is -0.00574. The fourth-order valence-corrected chi connectivity index (χ4v) is 2.53. The molecule has 5 heteroatoms. The molecule has 1 amide bonds. The Bertz CT molecular complexity index is 644. The van der Waals surface area contributed by atoms with Crippen LogP contribution >= 0.6 is 11.6 Å². The standard InChI is InChI=1S/C16H20ClN3O/c1-10-5-6-13(17)9-15(10)16(21)20(4)8-7-14-11(2)18-19-12(14)3/h5-6,9H,7-8H2,1-4H3,(H,18,19). The summed E-state index contributed by atoms with van der Waals surface area (Å²) in [6.45, 7) is 6.54. The number of aromatic nitrogens is 2. The summed E-state index contributed by atoms with van der Waals surface area (Å²) in [5.41, 5.74) is 4.83. The third-order valence-corrected chi connectivity index (χ3v) is 3.99. The van der Waals surface area contributed by atoms with Crippen molar-refractivity contribution in [2.24, 2.45) is 0 Å². The van der Waals surface area contributed by atoms with Crippen molar-refractivity contribution in [1.82, 2.24) is 15.1 Å². The van der Waals surface area contributed by atoms with Gasteiger partial charge >= 0.3 is 0 Å². The zero-order chi connectivity index (χ0) is 15.6. The number of nitrogens with one attached hydrogen (secondary N) is 1. The molecular weight excluding hydrogens is 286 g/mol. The number of H-pyrrole nitrogens is 1. The van der Waals surface area contributed by atoms with Gasteiger partial charge in [-0.05, 0) is 50.5 Å². The molecule has 1 aromatic heterocycles. The summed E-state index contributed by atoms with van der Waals surface area (Å²) in [6.07, 6.45) is 0.788.